The second kappa shape index (κ2) is 8.81. The zero-order chi connectivity index (χ0) is 19.2. The molecule has 2 amide bonds. The van der Waals surface area contributed by atoms with Crippen molar-refractivity contribution < 1.29 is 14.7 Å². The number of nitrogens with one attached hydrogen (secondary N) is 2. The lowest BCUT2D eigenvalue weighted by molar-refractivity contribution is -0.139. The number of carboxylic acids is 1. The van der Waals surface area contributed by atoms with Gasteiger partial charge in [0.1, 0.15) is 0 Å². The topological polar surface area (TPSA) is 94.6 Å². The van der Waals surface area contributed by atoms with Crippen LogP contribution in [0.1, 0.15) is 25.3 Å². The van der Waals surface area contributed by atoms with Crippen LogP contribution < -0.4 is 10.6 Å². The van der Waals surface area contributed by atoms with Crippen LogP contribution >= 0.6 is 0 Å². The summed E-state index contributed by atoms with van der Waals surface area (Å²) in [6.45, 7) is 3.25. The number of benzene rings is 1. The van der Waals surface area contributed by atoms with E-state index in [0.29, 0.717) is 13.1 Å². The van der Waals surface area contributed by atoms with E-state index in [1.165, 1.54) is 0 Å². The summed E-state index contributed by atoms with van der Waals surface area (Å²) in [5.41, 5.74) is 2.09. The molecule has 1 aliphatic carbocycles. The zero-order valence-electron chi connectivity index (χ0n) is 15.5. The highest BCUT2D eigenvalue weighted by atomic mass is 16.4. The Kier molecular flexibility index (Phi) is 6.24. The number of likely N-dealkylation sites (N-methyl/N-ethyl adjacent to an activating group) is 1. The molecule has 3 N–H and O–H groups in total. The molecule has 0 unspecified atom stereocenters. The summed E-state index contributed by atoms with van der Waals surface area (Å²) in [6.07, 6.45) is 4.09. The molecule has 1 aromatic heterocycles. The molecule has 1 fully saturated rings. The normalized spacial score (nSPS) is 18.9. The van der Waals surface area contributed by atoms with Gasteiger partial charge >= 0.3 is 12.0 Å². The summed E-state index contributed by atoms with van der Waals surface area (Å²) < 4.78 is 0. The molecule has 0 aliphatic heterocycles. The first-order valence-corrected chi connectivity index (χ1v) is 9.39. The number of urea groups is 1. The number of fused-ring (bicyclic) bond motifs is 1. The van der Waals surface area contributed by atoms with Crippen molar-refractivity contribution in [3.8, 4) is 0 Å². The number of carboxylic acid groups (broad SMARTS) is 1. The molecule has 1 heterocycles. The number of pyridine rings is 1. The second-order valence-electron chi connectivity index (χ2n) is 6.92. The molecule has 2 aromatic rings. The van der Waals surface area contributed by atoms with E-state index >= 15 is 0 Å². The maximum atomic E-state index is 12.1. The quantitative estimate of drug-likeness (QED) is 0.661. The van der Waals surface area contributed by atoms with E-state index in [2.05, 4.69) is 15.6 Å². The lowest BCUT2D eigenvalue weighted by Crippen LogP contribution is -2.56. The molecule has 3 rings (SSSR count). The Morgan fingerprint density at radius 2 is 2.04 bits per heavy atom. The molecule has 1 saturated carbocycles. The molecule has 0 bridgehead atoms. The average Bonchev–Trinajstić information content (AvgIpc) is 2.63. The van der Waals surface area contributed by atoms with Crippen molar-refractivity contribution in [1.29, 1.82) is 0 Å². The van der Waals surface area contributed by atoms with Crippen molar-refractivity contribution in [2.24, 2.45) is 0 Å². The van der Waals surface area contributed by atoms with Crippen LogP contribution in [0.25, 0.3) is 10.9 Å². The fourth-order valence-corrected chi connectivity index (χ4v) is 3.59. The van der Waals surface area contributed by atoms with E-state index in [4.69, 9.17) is 5.11 Å². The Morgan fingerprint density at radius 1 is 1.26 bits per heavy atom. The Labute approximate surface area is 158 Å². The fourth-order valence-electron chi connectivity index (χ4n) is 3.59. The maximum absolute atomic E-state index is 12.1. The monoisotopic (exact) mass is 370 g/mol. The van der Waals surface area contributed by atoms with Gasteiger partial charge in [0, 0.05) is 30.2 Å². The SMILES string of the molecule is CCN(CC(=O)O)C1CC(NC(=O)NCCc2cccc3cccnc23)C1. The number of aromatic nitrogens is 1. The number of hydrogen-bond donors (Lipinski definition) is 3. The molecule has 144 valence electrons. The third kappa shape index (κ3) is 4.95. The van der Waals surface area contributed by atoms with Crippen molar-refractivity contribution >= 4 is 22.9 Å². The molecule has 0 atom stereocenters. The third-order valence-corrected chi connectivity index (χ3v) is 5.11. The van der Waals surface area contributed by atoms with Crippen molar-refractivity contribution in [2.45, 2.75) is 38.3 Å². The Balaban J connectivity index is 1.40. The molecular weight excluding hydrogens is 344 g/mol. The van der Waals surface area contributed by atoms with Crippen LogP contribution in [0.4, 0.5) is 4.79 Å². The summed E-state index contributed by atoms with van der Waals surface area (Å²) >= 11 is 0. The lowest BCUT2D eigenvalue weighted by atomic mass is 9.85. The summed E-state index contributed by atoms with van der Waals surface area (Å²) in [5, 5.41) is 15.9. The molecule has 1 aliphatic rings. The van der Waals surface area contributed by atoms with Crippen LogP contribution in [0.15, 0.2) is 36.5 Å². The Morgan fingerprint density at radius 3 is 2.78 bits per heavy atom. The van der Waals surface area contributed by atoms with Crippen LogP contribution in [0, 0.1) is 0 Å². The van der Waals surface area contributed by atoms with Gasteiger partial charge in [-0.2, -0.15) is 0 Å². The number of carbonyl (C=O) groups excluding carboxylic acids is 1. The van der Waals surface area contributed by atoms with Crippen molar-refractivity contribution in [1.82, 2.24) is 20.5 Å². The van der Waals surface area contributed by atoms with Crippen molar-refractivity contribution in [3.63, 3.8) is 0 Å². The molecule has 1 aromatic carbocycles. The summed E-state index contributed by atoms with van der Waals surface area (Å²) in [4.78, 5) is 29.3. The van der Waals surface area contributed by atoms with Crippen molar-refractivity contribution in [3.05, 3.63) is 42.1 Å². The van der Waals surface area contributed by atoms with Gasteiger partial charge in [-0.15, -0.1) is 0 Å². The second-order valence-corrected chi connectivity index (χ2v) is 6.92. The molecule has 0 saturated heterocycles. The highest BCUT2D eigenvalue weighted by Gasteiger charge is 2.34. The van der Waals surface area contributed by atoms with E-state index in [1.807, 2.05) is 42.2 Å². The van der Waals surface area contributed by atoms with Gasteiger partial charge in [0.15, 0.2) is 0 Å². The Hall–Kier alpha value is -2.67. The van der Waals surface area contributed by atoms with Gasteiger partial charge in [-0.25, -0.2) is 4.79 Å². The van der Waals surface area contributed by atoms with Gasteiger partial charge in [-0.05, 0) is 37.4 Å². The first kappa shape index (κ1) is 19.1. The van der Waals surface area contributed by atoms with Crippen LogP contribution in [-0.4, -0.2) is 58.7 Å². The minimum Gasteiger partial charge on any atom is -0.480 e. The smallest absolute Gasteiger partial charge is 0.317 e. The molecule has 0 spiro atoms. The summed E-state index contributed by atoms with van der Waals surface area (Å²) in [7, 11) is 0. The average molecular weight is 370 g/mol. The van der Waals surface area contributed by atoms with Gasteiger partial charge in [-0.1, -0.05) is 31.2 Å². The van der Waals surface area contributed by atoms with Gasteiger partial charge in [0.2, 0.25) is 0 Å². The minimum atomic E-state index is -0.811. The van der Waals surface area contributed by atoms with Crippen LogP contribution in [-0.2, 0) is 11.2 Å². The zero-order valence-corrected chi connectivity index (χ0v) is 15.5. The number of para-hydroxylation sites is 1. The van der Waals surface area contributed by atoms with Gasteiger partial charge in [0.25, 0.3) is 0 Å². The molecule has 7 nitrogen and oxygen atoms in total. The van der Waals surface area contributed by atoms with E-state index < -0.39 is 5.97 Å². The maximum Gasteiger partial charge on any atom is 0.317 e. The lowest BCUT2D eigenvalue weighted by Gasteiger charge is -2.42. The molecule has 27 heavy (non-hydrogen) atoms. The van der Waals surface area contributed by atoms with E-state index in [9.17, 15) is 9.59 Å². The number of carbonyl (C=O) groups is 2. The predicted molar refractivity (Wildman–Crippen MR) is 104 cm³/mol. The number of amides is 2. The van der Waals surface area contributed by atoms with Crippen LogP contribution in [0.3, 0.4) is 0 Å². The van der Waals surface area contributed by atoms with Gasteiger partial charge in [-0.3, -0.25) is 14.7 Å². The third-order valence-electron chi connectivity index (χ3n) is 5.11. The van der Waals surface area contributed by atoms with Crippen molar-refractivity contribution in [2.75, 3.05) is 19.6 Å². The van der Waals surface area contributed by atoms with Crippen LogP contribution in [0.2, 0.25) is 0 Å². The van der Waals surface area contributed by atoms with E-state index in [0.717, 1.165) is 35.7 Å². The first-order chi connectivity index (χ1) is 13.1. The number of hydrogen-bond acceptors (Lipinski definition) is 4. The number of rotatable bonds is 8. The highest BCUT2D eigenvalue weighted by Crippen LogP contribution is 2.25. The Bertz CT molecular complexity index is 799. The largest absolute Gasteiger partial charge is 0.480 e. The highest BCUT2D eigenvalue weighted by molar-refractivity contribution is 5.81. The van der Waals surface area contributed by atoms with Crippen LogP contribution in [0.5, 0.6) is 0 Å². The van der Waals surface area contributed by atoms with Gasteiger partial charge < -0.3 is 15.7 Å². The summed E-state index contributed by atoms with van der Waals surface area (Å²) in [6, 6.07) is 10.2. The standard InChI is InChI=1S/C20H26N4O3/c1-2-24(13-18(25)26)17-11-16(12-17)23-20(27)22-10-8-15-6-3-5-14-7-4-9-21-19(14)15/h3-7,9,16-17H,2,8,10-13H2,1H3,(H,25,26)(H2,22,23,27). The molecule has 7 heteroatoms. The first-order valence-electron chi connectivity index (χ1n) is 9.39. The predicted octanol–water partition coefficient (Wildman–Crippen LogP) is 2.01. The fraction of sp³-hybridized carbons (Fsp3) is 0.450. The van der Waals surface area contributed by atoms with Gasteiger partial charge in [0.05, 0.1) is 12.1 Å². The number of aliphatic carboxylic acids is 1. The summed E-state index contributed by atoms with van der Waals surface area (Å²) in [5.74, 6) is -0.811. The molecular formula is C20H26N4O3. The molecule has 0 radical (unpaired) electrons. The van der Waals surface area contributed by atoms with E-state index in [1.54, 1.807) is 6.20 Å². The van der Waals surface area contributed by atoms with E-state index in [-0.39, 0.29) is 24.7 Å². The number of nitrogens with zero attached hydrogens (tertiary/aromatic N) is 2. The minimum absolute atomic E-state index is 0.0547.